The first-order valence-electron chi connectivity index (χ1n) is 11.4. The summed E-state index contributed by atoms with van der Waals surface area (Å²) in [6.07, 6.45) is 0.744. The molecule has 8 heteroatoms. The van der Waals surface area contributed by atoms with Crippen LogP contribution in [0.1, 0.15) is 18.9 Å². The summed E-state index contributed by atoms with van der Waals surface area (Å²) in [4.78, 5) is 32.7. The summed E-state index contributed by atoms with van der Waals surface area (Å²) in [6.45, 7) is 2.90. The highest BCUT2D eigenvalue weighted by Gasteiger charge is 2.35. The number of amides is 2. The van der Waals surface area contributed by atoms with Crippen LogP contribution in [-0.2, 0) is 16.0 Å². The molecule has 1 N–H and O–H groups in total. The molecule has 6 nitrogen and oxygen atoms in total. The third-order valence-electron chi connectivity index (χ3n) is 5.36. The first kappa shape index (κ1) is 24.8. The number of nitrogens with zero attached hydrogens (tertiary/aromatic N) is 2. The molecule has 4 rings (SSSR count). The molecule has 0 bridgehead atoms. The van der Waals surface area contributed by atoms with E-state index in [9.17, 15) is 9.59 Å². The number of hydrogen-bond donors (Lipinski definition) is 1. The molecule has 0 spiro atoms. The van der Waals surface area contributed by atoms with Gasteiger partial charge in [0.25, 0.3) is 0 Å². The molecule has 2 amide bonds. The third-order valence-corrected chi connectivity index (χ3v) is 6.80. The van der Waals surface area contributed by atoms with Gasteiger partial charge in [0.1, 0.15) is 11.0 Å². The van der Waals surface area contributed by atoms with Crippen molar-refractivity contribution in [1.29, 1.82) is 0 Å². The Morgan fingerprint density at radius 2 is 1.89 bits per heavy atom. The van der Waals surface area contributed by atoms with E-state index in [-0.39, 0.29) is 18.2 Å². The molecule has 0 saturated carbocycles. The van der Waals surface area contributed by atoms with Gasteiger partial charge in [0, 0.05) is 29.7 Å². The van der Waals surface area contributed by atoms with Crippen molar-refractivity contribution < 1.29 is 14.3 Å². The molecule has 1 saturated heterocycles. The minimum Gasteiger partial charge on any atom is -0.494 e. The van der Waals surface area contributed by atoms with Gasteiger partial charge in [0.05, 0.1) is 12.3 Å². The van der Waals surface area contributed by atoms with Gasteiger partial charge in [0.15, 0.2) is 5.17 Å². The van der Waals surface area contributed by atoms with Gasteiger partial charge in [-0.1, -0.05) is 59.8 Å². The largest absolute Gasteiger partial charge is 0.494 e. The number of nitrogens with one attached hydrogen (secondary N) is 1. The van der Waals surface area contributed by atoms with E-state index in [0.29, 0.717) is 41.2 Å². The van der Waals surface area contributed by atoms with Crippen LogP contribution in [-0.4, -0.2) is 40.3 Å². The number of hydrogen-bond acceptors (Lipinski definition) is 5. The second-order valence-corrected chi connectivity index (χ2v) is 9.52. The molecule has 1 atom stereocenters. The second kappa shape index (κ2) is 11.9. The molecule has 1 fully saturated rings. The monoisotopic (exact) mass is 507 g/mol. The maximum absolute atomic E-state index is 13.2. The molecule has 1 heterocycles. The molecule has 3 aromatic rings. The Kier molecular flexibility index (Phi) is 8.45. The van der Waals surface area contributed by atoms with Crippen molar-refractivity contribution in [2.24, 2.45) is 4.99 Å². The average Bonchev–Trinajstić information content (AvgIpc) is 2.85. The van der Waals surface area contributed by atoms with Crippen LogP contribution in [0.2, 0.25) is 5.02 Å². The van der Waals surface area contributed by atoms with E-state index in [1.165, 1.54) is 11.8 Å². The van der Waals surface area contributed by atoms with Gasteiger partial charge >= 0.3 is 0 Å². The molecule has 0 aromatic heterocycles. The normalized spacial score (nSPS) is 16.9. The first-order chi connectivity index (χ1) is 17.0. The van der Waals surface area contributed by atoms with Gasteiger partial charge in [-0.15, -0.1) is 0 Å². The van der Waals surface area contributed by atoms with E-state index in [1.54, 1.807) is 17.0 Å². The Labute approximate surface area is 214 Å². The molecule has 1 unspecified atom stereocenters. The van der Waals surface area contributed by atoms with Crippen LogP contribution in [0.4, 0.5) is 11.4 Å². The molecule has 0 aliphatic carbocycles. The number of amidine groups is 1. The van der Waals surface area contributed by atoms with Crippen LogP contribution in [0.25, 0.3) is 0 Å². The summed E-state index contributed by atoms with van der Waals surface area (Å²) in [5, 5.41) is 3.51. The molecule has 180 valence electrons. The Morgan fingerprint density at radius 1 is 1.11 bits per heavy atom. The van der Waals surface area contributed by atoms with Gasteiger partial charge in [-0.2, -0.15) is 0 Å². The average molecular weight is 508 g/mol. The van der Waals surface area contributed by atoms with E-state index >= 15 is 0 Å². The number of halogens is 1. The molecule has 1 aliphatic heterocycles. The van der Waals surface area contributed by atoms with Crippen molar-refractivity contribution in [3.63, 3.8) is 0 Å². The molecule has 35 heavy (non-hydrogen) atoms. The summed E-state index contributed by atoms with van der Waals surface area (Å²) in [6, 6.07) is 24.2. The van der Waals surface area contributed by atoms with Crippen molar-refractivity contribution in [1.82, 2.24) is 4.90 Å². The molecule has 0 radical (unpaired) electrons. The van der Waals surface area contributed by atoms with E-state index in [0.717, 1.165) is 11.3 Å². The number of anilines is 1. The van der Waals surface area contributed by atoms with E-state index in [2.05, 4.69) is 5.32 Å². The van der Waals surface area contributed by atoms with Gasteiger partial charge in [-0.25, -0.2) is 4.99 Å². The van der Waals surface area contributed by atoms with Gasteiger partial charge < -0.3 is 10.1 Å². The van der Waals surface area contributed by atoms with Crippen LogP contribution < -0.4 is 10.1 Å². The lowest BCUT2D eigenvalue weighted by Gasteiger charge is -2.32. The number of carbonyl (C=O) groups excluding carboxylic acids is 2. The Hall–Kier alpha value is -3.29. The number of rotatable bonds is 8. The summed E-state index contributed by atoms with van der Waals surface area (Å²) in [5.41, 5.74) is 2.42. The summed E-state index contributed by atoms with van der Waals surface area (Å²) >= 11 is 7.30. The topological polar surface area (TPSA) is 71.0 Å². The fourth-order valence-corrected chi connectivity index (χ4v) is 4.87. The Morgan fingerprint density at radius 3 is 2.63 bits per heavy atom. The second-order valence-electron chi connectivity index (χ2n) is 7.91. The number of para-hydroxylation sites is 1. The highest BCUT2D eigenvalue weighted by atomic mass is 35.5. The quantitative estimate of drug-likeness (QED) is 0.409. The zero-order chi connectivity index (χ0) is 24.6. The van der Waals surface area contributed by atoms with Crippen LogP contribution in [0.3, 0.4) is 0 Å². The minimum atomic E-state index is -0.590. The number of carbonyl (C=O) groups is 2. The fourth-order valence-electron chi connectivity index (χ4n) is 3.62. The first-order valence-corrected chi connectivity index (χ1v) is 12.7. The van der Waals surface area contributed by atoms with Crippen LogP contribution in [0, 0.1) is 0 Å². The fraction of sp³-hybridized carbons (Fsp3) is 0.222. The predicted molar refractivity (Wildman–Crippen MR) is 143 cm³/mol. The highest BCUT2D eigenvalue weighted by Crippen LogP contribution is 2.30. The Bertz CT molecular complexity index is 1200. The third kappa shape index (κ3) is 6.87. The smallest absolute Gasteiger partial charge is 0.238 e. The minimum absolute atomic E-state index is 0.0933. The molecular formula is C27H26ClN3O3S. The van der Waals surface area contributed by atoms with Crippen LogP contribution in [0.15, 0.2) is 83.9 Å². The van der Waals surface area contributed by atoms with Crippen LogP contribution in [0.5, 0.6) is 5.75 Å². The maximum atomic E-state index is 13.2. The SMILES string of the molecule is CCOc1cccc(NC(=O)C2CC(=O)N(CCc3ccc(Cl)cc3)C(=Nc3ccccc3)S2)c1. The Balaban J connectivity index is 1.51. The summed E-state index contributed by atoms with van der Waals surface area (Å²) < 4.78 is 5.51. The summed E-state index contributed by atoms with van der Waals surface area (Å²) in [7, 11) is 0. The van der Waals surface area contributed by atoms with Crippen molar-refractivity contribution in [3.05, 3.63) is 89.4 Å². The van der Waals surface area contributed by atoms with E-state index in [4.69, 9.17) is 21.3 Å². The number of ether oxygens (including phenoxy) is 1. The van der Waals surface area contributed by atoms with Gasteiger partial charge in [-0.05, 0) is 55.3 Å². The lowest BCUT2D eigenvalue weighted by molar-refractivity contribution is -0.129. The molecular weight excluding hydrogens is 482 g/mol. The van der Waals surface area contributed by atoms with Crippen molar-refractivity contribution in [2.75, 3.05) is 18.5 Å². The van der Waals surface area contributed by atoms with E-state index in [1.807, 2.05) is 73.7 Å². The molecule has 1 aliphatic rings. The molecule has 3 aromatic carbocycles. The van der Waals surface area contributed by atoms with Gasteiger partial charge in [-0.3, -0.25) is 14.5 Å². The maximum Gasteiger partial charge on any atom is 0.238 e. The van der Waals surface area contributed by atoms with Crippen LogP contribution >= 0.6 is 23.4 Å². The zero-order valence-corrected chi connectivity index (χ0v) is 20.9. The highest BCUT2D eigenvalue weighted by molar-refractivity contribution is 8.15. The van der Waals surface area contributed by atoms with E-state index < -0.39 is 5.25 Å². The lowest BCUT2D eigenvalue weighted by atomic mass is 10.1. The number of benzene rings is 3. The number of thioether (sulfide) groups is 1. The van der Waals surface area contributed by atoms with Crippen molar-refractivity contribution >= 4 is 51.7 Å². The zero-order valence-electron chi connectivity index (χ0n) is 19.3. The standard InChI is InChI=1S/C27H26ClN3O3S/c1-2-34-23-10-6-9-22(17-23)29-26(33)24-18-25(32)31(16-15-19-11-13-20(28)14-12-19)27(35-24)30-21-7-4-3-5-8-21/h3-14,17,24H,2,15-16,18H2,1H3,(H,29,33). The summed E-state index contributed by atoms with van der Waals surface area (Å²) in [5.74, 6) is 0.308. The van der Waals surface area contributed by atoms with Gasteiger partial charge in [0.2, 0.25) is 11.8 Å². The van der Waals surface area contributed by atoms with Crippen molar-refractivity contribution in [2.45, 2.75) is 25.0 Å². The number of aliphatic imine (C=N–C) groups is 1. The lowest BCUT2D eigenvalue weighted by Crippen LogP contribution is -2.46. The predicted octanol–water partition coefficient (Wildman–Crippen LogP) is 5.94. The van der Waals surface area contributed by atoms with Crippen molar-refractivity contribution in [3.8, 4) is 5.75 Å².